The molecule has 1 heterocycles. The van der Waals surface area contributed by atoms with Crippen LogP contribution in [0.5, 0.6) is 0 Å². The largest absolute Gasteiger partial charge is 0.371 e. The van der Waals surface area contributed by atoms with E-state index in [1.807, 2.05) is 6.92 Å². The predicted octanol–water partition coefficient (Wildman–Crippen LogP) is 1.30. The van der Waals surface area contributed by atoms with Gasteiger partial charge in [0.05, 0.1) is 10.5 Å². The maximum absolute atomic E-state index is 12.7. The molecule has 2 N–H and O–H groups in total. The number of halogens is 1. The number of hydrogen-bond acceptors (Lipinski definition) is 5. The van der Waals surface area contributed by atoms with Crippen LogP contribution >= 0.6 is 12.4 Å². The average Bonchev–Trinajstić information content (AvgIpc) is 3.12. The maximum atomic E-state index is 12.7. The van der Waals surface area contributed by atoms with Crippen LogP contribution in [0, 0.1) is 0 Å². The highest BCUT2D eigenvalue weighted by Crippen LogP contribution is 2.28. The molecule has 0 spiro atoms. The first-order valence-corrected chi connectivity index (χ1v) is 10.1. The normalized spacial score (nSPS) is 14.4. The third-order valence-electron chi connectivity index (χ3n) is 4.28. The standard InChI is InChI=1S/C17H28N4O3S.ClH/c1-4-18-9-10-19-17(22)15-13-14(25(23,24)20(2)3)7-8-16(15)21-11-5-6-12-21;/h7-8,13,18H,4-6,9-12H2,1-3H3,(H,19,22);1H. The van der Waals surface area contributed by atoms with Crippen molar-refractivity contribution >= 4 is 34.0 Å². The van der Waals surface area contributed by atoms with E-state index in [4.69, 9.17) is 0 Å². The first-order valence-electron chi connectivity index (χ1n) is 8.68. The monoisotopic (exact) mass is 404 g/mol. The quantitative estimate of drug-likeness (QED) is 0.638. The average molecular weight is 405 g/mol. The van der Waals surface area contributed by atoms with Gasteiger partial charge in [-0.2, -0.15) is 0 Å². The van der Waals surface area contributed by atoms with Gasteiger partial charge in [0, 0.05) is 46.0 Å². The summed E-state index contributed by atoms with van der Waals surface area (Å²) in [5.41, 5.74) is 1.22. The zero-order valence-electron chi connectivity index (χ0n) is 15.6. The number of carbonyl (C=O) groups is 1. The molecular weight excluding hydrogens is 376 g/mol. The van der Waals surface area contributed by atoms with Gasteiger partial charge in [-0.15, -0.1) is 12.4 Å². The molecule has 1 aromatic rings. The summed E-state index contributed by atoms with van der Waals surface area (Å²) in [4.78, 5) is 14.9. The number of carbonyl (C=O) groups excluding carboxylic acids is 1. The van der Waals surface area contributed by atoms with E-state index < -0.39 is 10.0 Å². The summed E-state index contributed by atoms with van der Waals surface area (Å²) < 4.78 is 26.0. The fraction of sp³-hybridized carbons (Fsp3) is 0.588. The SMILES string of the molecule is CCNCCNC(=O)c1cc(S(=O)(=O)N(C)C)ccc1N1CCCC1.Cl. The zero-order valence-corrected chi connectivity index (χ0v) is 17.3. The lowest BCUT2D eigenvalue weighted by Gasteiger charge is -2.22. The minimum Gasteiger partial charge on any atom is -0.371 e. The van der Waals surface area contributed by atoms with E-state index in [1.165, 1.54) is 20.2 Å². The second-order valence-electron chi connectivity index (χ2n) is 6.27. The van der Waals surface area contributed by atoms with Crippen molar-refractivity contribution < 1.29 is 13.2 Å². The number of benzene rings is 1. The van der Waals surface area contributed by atoms with Crippen molar-refractivity contribution in [2.45, 2.75) is 24.7 Å². The third kappa shape index (κ3) is 5.33. The molecule has 1 aliphatic rings. The maximum Gasteiger partial charge on any atom is 0.253 e. The summed E-state index contributed by atoms with van der Waals surface area (Å²) in [5, 5.41) is 6.02. The molecule has 7 nitrogen and oxygen atoms in total. The summed E-state index contributed by atoms with van der Waals surface area (Å²) in [6.07, 6.45) is 2.17. The third-order valence-corrected chi connectivity index (χ3v) is 6.09. The van der Waals surface area contributed by atoms with Crippen LogP contribution in [-0.2, 0) is 10.0 Å². The van der Waals surface area contributed by atoms with Crippen LogP contribution < -0.4 is 15.5 Å². The number of likely N-dealkylation sites (N-methyl/N-ethyl adjacent to an activating group) is 1. The number of nitrogens with zero attached hydrogens (tertiary/aromatic N) is 2. The van der Waals surface area contributed by atoms with Gasteiger partial charge in [0.25, 0.3) is 5.91 Å². The van der Waals surface area contributed by atoms with Gasteiger partial charge in [0.2, 0.25) is 10.0 Å². The summed E-state index contributed by atoms with van der Waals surface area (Å²) in [5.74, 6) is -0.240. The summed E-state index contributed by atoms with van der Waals surface area (Å²) in [7, 11) is -0.608. The summed E-state index contributed by atoms with van der Waals surface area (Å²) >= 11 is 0. The van der Waals surface area contributed by atoms with Crippen molar-refractivity contribution in [3.05, 3.63) is 23.8 Å². The molecule has 1 amide bonds. The van der Waals surface area contributed by atoms with Crippen LogP contribution in [0.15, 0.2) is 23.1 Å². The molecule has 0 atom stereocenters. The van der Waals surface area contributed by atoms with Crippen molar-refractivity contribution in [2.24, 2.45) is 0 Å². The first-order chi connectivity index (χ1) is 11.9. The molecule has 0 unspecified atom stereocenters. The molecule has 0 radical (unpaired) electrons. The summed E-state index contributed by atoms with van der Waals surface area (Å²) in [6.45, 7) is 5.79. The van der Waals surface area contributed by atoms with Gasteiger partial charge in [-0.25, -0.2) is 12.7 Å². The first kappa shape index (κ1) is 22.7. The second-order valence-corrected chi connectivity index (χ2v) is 8.42. The number of rotatable bonds is 8. The van der Waals surface area contributed by atoms with Crippen LogP contribution in [0.25, 0.3) is 0 Å². The van der Waals surface area contributed by atoms with Gasteiger partial charge < -0.3 is 15.5 Å². The molecule has 148 valence electrons. The van der Waals surface area contributed by atoms with Crippen LogP contribution in [0.3, 0.4) is 0 Å². The van der Waals surface area contributed by atoms with Crippen molar-refractivity contribution in [2.75, 3.05) is 51.7 Å². The lowest BCUT2D eigenvalue weighted by molar-refractivity contribution is 0.0954. The Kier molecular flexibility index (Phi) is 8.82. The highest BCUT2D eigenvalue weighted by atomic mass is 35.5. The molecule has 1 aromatic carbocycles. The van der Waals surface area contributed by atoms with Crippen molar-refractivity contribution in [3.8, 4) is 0 Å². The lowest BCUT2D eigenvalue weighted by atomic mass is 10.1. The Hall–Kier alpha value is -1.35. The van der Waals surface area contributed by atoms with Crippen LogP contribution in [0.1, 0.15) is 30.1 Å². The Morgan fingerprint density at radius 1 is 1.19 bits per heavy atom. The Balaban J connectivity index is 0.00000338. The Labute approximate surface area is 162 Å². The van der Waals surface area contributed by atoms with Gasteiger partial charge in [-0.3, -0.25) is 4.79 Å². The van der Waals surface area contributed by atoms with E-state index >= 15 is 0 Å². The van der Waals surface area contributed by atoms with Crippen molar-refractivity contribution in [3.63, 3.8) is 0 Å². The smallest absolute Gasteiger partial charge is 0.253 e. The Bertz CT molecular complexity index is 704. The van der Waals surface area contributed by atoms with Crippen molar-refractivity contribution in [1.29, 1.82) is 0 Å². The molecule has 0 aromatic heterocycles. The fourth-order valence-corrected chi connectivity index (χ4v) is 3.77. The molecule has 1 saturated heterocycles. The van der Waals surface area contributed by atoms with E-state index in [0.717, 1.165) is 42.5 Å². The molecule has 0 saturated carbocycles. The molecule has 2 rings (SSSR count). The van der Waals surface area contributed by atoms with E-state index in [9.17, 15) is 13.2 Å². The van der Waals surface area contributed by atoms with Crippen LogP contribution in [0.2, 0.25) is 0 Å². The van der Waals surface area contributed by atoms with Crippen LogP contribution in [-0.4, -0.2) is 65.4 Å². The van der Waals surface area contributed by atoms with E-state index in [-0.39, 0.29) is 23.2 Å². The Morgan fingerprint density at radius 2 is 1.85 bits per heavy atom. The molecular formula is C17H29ClN4O3S. The number of anilines is 1. The van der Waals surface area contributed by atoms with Gasteiger partial charge in [-0.1, -0.05) is 6.92 Å². The highest BCUT2D eigenvalue weighted by Gasteiger charge is 2.24. The molecule has 26 heavy (non-hydrogen) atoms. The van der Waals surface area contributed by atoms with Gasteiger partial charge in [0.1, 0.15) is 0 Å². The predicted molar refractivity (Wildman–Crippen MR) is 107 cm³/mol. The molecule has 0 aliphatic carbocycles. The van der Waals surface area contributed by atoms with E-state index in [0.29, 0.717) is 18.7 Å². The Morgan fingerprint density at radius 3 is 2.42 bits per heavy atom. The van der Waals surface area contributed by atoms with E-state index in [1.54, 1.807) is 12.1 Å². The van der Waals surface area contributed by atoms with Crippen LogP contribution in [0.4, 0.5) is 5.69 Å². The number of sulfonamides is 1. The van der Waals surface area contributed by atoms with Gasteiger partial charge >= 0.3 is 0 Å². The summed E-state index contributed by atoms with van der Waals surface area (Å²) in [6, 6.07) is 4.82. The van der Waals surface area contributed by atoms with E-state index in [2.05, 4.69) is 15.5 Å². The number of nitrogens with one attached hydrogen (secondary N) is 2. The molecule has 1 aliphatic heterocycles. The van der Waals surface area contributed by atoms with Crippen molar-refractivity contribution in [1.82, 2.24) is 14.9 Å². The zero-order chi connectivity index (χ0) is 18.4. The topological polar surface area (TPSA) is 81.7 Å². The molecule has 9 heteroatoms. The molecule has 1 fully saturated rings. The number of hydrogen-bond donors (Lipinski definition) is 2. The number of amides is 1. The highest BCUT2D eigenvalue weighted by molar-refractivity contribution is 7.89. The molecule has 0 bridgehead atoms. The minimum absolute atomic E-state index is 0. The van der Waals surface area contributed by atoms with Gasteiger partial charge in [0.15, 0.2) is 0 Å². The van der Waals surface area contributed by atoms with Gasteiger partial charge in [-0.05, 0) is 37.6 Å². The second kappa shape index (κ2) is 10.1. The fourth-order valence-electron chi connectivity index (χ4n) is 2.84. The minimum atomic E-state index is -3.58. The lowest BCUT2D eigenvalue weighted by Crippen LogP contribution is -2.33.